The first kappa shape index (κ1) is 28.4. The Kier molecular flexibility index (Phi) is 7.81. The molecule has 1 aliphatic carbocycles. The van der Waals surface area contributed by atoms with Crippen molar-refractivity contribution in [1.29, 1.82) is 0 Å². The Morgan fingerprint density at radius 2 is 1.75 bits per heavy atom. The summed E-state index contributed by atoms with van der Waals surface area (Å²) in [7, 11) is -3.69. The molecule has 1 fully saturated rings. The van der Waals surface area contributed by atoms with Crippen LogP contribution in [0.25, 0.3) is 16.8 Å². The summed E-state index contributed by atoms with van der Waals surface area (Å²) < 4.78 is 66.3. The molecular weight excluding hydrogens is 563 g/mol. The minimum Gasteiger partial charge on any atom is -0.391 e. The van der Waals surface area contributed by atoms with Crippen LogP contribution in [0, 0.1) is 0 Å². The van der Waals surface area contributed by atoms with E-state index in [4.69, 9.17) is 0 Å². The SMILES string of the molecule is CC(C)c1nnc2ccc(-c3ccc(S(=O)(=O)[C@@H]4CC[C@@H](Nc5ccc(SC(F)(F)F)cn5)[C@H](O)C4)cc3)cn12. The fourth-order valence-electron chi connectivity index (χ4n) is 4.91. The van der Waals surface area contributed by atoms with Crippen LogP contribution in [-0.4, -0.2) is 56.0 Å². The normalized spacial score (nSPS) is 20.2. The van der Waals surface area contributed by atoms with Gasteiger partial charge in [0.25, 0.3) is 0 Å². The summed E-state index contributed by atoms with van der Waals surface area (Å²) >= 11 is -0.254. The standard InChI is InChI=1S/C27H28F3N5O3S2/c1-16(2)26-34-33-25-12-5-18(15-35(25)26)17-3-7-20(8-4-17)40(37,38)21-9-10-22(23(36)13-21)32-24-11-6-19(14-31-24)39-27(28,29)30/h3-8,11-12,14-16,21-23,36H,9-10,13H2,1-2H3,(H,31,32)/t21-,22-,23-/m1/s1. The Morgan fingerprint density at radius 1 is 1.02 bits per heavy atom. The van der Waals surface area contributed by atoms with E-state index in [-0.39, 0.29) is 33.9 Å². The molecule has 3 atom stereocenters. The molecule has 40 heavy (non-hydrogen) atoms. The van der Waals surface area contributed by atoms with Crippen LogP contribution in [0.2, 0.25) is 0 Å². The number of aliphatic hydroxyl groups excluding tert-OH is 1. The lowest BCUT2D eigenvalue weighted by Crippen LogP contribution is -2.43. The van der Waals surface area contributed by atoms with Crippen LogP contribution in [0.3, 0.4) is 0 Å². The molecule has 3 heterocycles. The highest BCUT2D eigenvalue weighted by Crippen LogP contribution is 2.37. The predicted octanol–water partition coefficient (Wildman–Crippen LogP) is 5.69. The van der Waals surface area contributed by atoms with Crippen LogP contribution in [-0.2, 0) is 9.84 Å². The van der Waals surface area contributed by atoms with E-state index in [1.165, 1.54) is 12.1 Å². The molecular formula is C27H28F3N5O3S2. The smallest absolute Gasteiger partial charge is 0.391 e. The van der Waals surface area contributed by atoms with E-state index in [0.29, 0.717) is 18.7 Å². The van der Waals surface area contributed by atoms with Crippen molar-refractivity contribution < 1.29 is 26.7 Å². The lowest BCUT2D eigenvalue weighted by Gasteiger charge is -2.33. The molecule has 0 saturated heterocycles. The Balaban J connectivity index is 1.25. The predicted molar refractivity (Wildman–Crippen MR) is 147 cm³/mol. The zero-order valence-corrected chi connectivity index (χ0v) is 23.3. The molecule has 13 heteroatoms. The number of rotatable bonds is 7. The van der Waals surface area contributed by atoms with E-state index in [2.05, 4.69) is 20.5 Å². The fourth-order valence-corrected chi connectivity index (χ4v) is 7.22. The van der Waals surface area contributed by atoms with Gasteiger partial charge in [-0.1, -0.05) is 26.0 Å². The maximum absolute atomic E-state index is 13.4. The molecule has 1 saturated carbocycles. The largest absolute Gasteiger partial charge is 0.446 e. The van der Waals surface area contributed by atoms with Crippen molar-refractivity contribution in [2.24, 2.45) is 0 Å². The molecule has 1 aliphatic rings. The van der Waals surface area contributed by atoms with Gasteiger partial charge in [0, 0.05) is 23.2 Å². The van der Waals surface area contributed by atoms with Crippen molar-refractivity contribution in [2.75, 3.05) is 5.32 Å². The first-order valence-corrected chi connectivity index (χ1v) is 15.1. The van der Waals surface area contributed by atoms with Crippen LogP contribution in [0.4, 0.5) is 19.0 Å². The minimum atomic E-state index is -4.40. The number of aromatic nitrogens is 4. The number of hydrogen-bond donors (Lipinski definition) is 2. The number of hydrogen-bond acceptors (Lipinski definition) is 8. The van der Waals surface area contributed by atoms with Gasteiger partial charge in [0.05, 0.1) is 22.3 Å². The Morgan fingerprint density at radius 3 is 2.38 bits per heavy atom. The number of nitrogens with zero attached hydrogens (tertiary/aromatic N) is 4. The van der Waals surface area contributed by atoms with Crippen molar-refractivity contribution in [3.63, 3.8) is 0 Å². The first-order chi connectivity index (χ1) is 18.9. The third kappa shape index (κ3) is 6.11. The molecule has 2 N–H and O–H groups in total. The number of pyridine rings is 2. The molecule has 0 amide bonds. The van der Waals surface area contributed by atoms with Crippen LogP contribution in [0.5, 0.6) is 0 Å². The zero-order valence-electron chi connectivity index (χ0n) is 21.7. The van der Waals surface area contributed by atoms with E-state index in [0.717, 1.165) is 28.8 Å². The number of alkyl halides is 3. The second kappa shape index (κ2) is 11.0. The van der Waals surface area contributed by atoms with Gasteiger partial charge in [-0.3, -0.25) is 4.40 Å². The third-order valence-corrected chi connectivity index (χ3v) is 9.92. The second-order valence-corrected chi connectivity index (χ2v) is 13.5. The summed E-state index contributed by atoms with van der Waals surface area (Å²) in [6.07, 6.45) is 2.80. The number of aliphatic hydroxyl groups is 1. The number of anilines is 1. The molecule has 3 aromatic heterocycles. The van der Waals surface area contributed by atoms with Gasteiger partial charge in [-0.15, -0.1) is 10.2 Å². The van der Waals surface area contributed by atoms with Crippen molar-refractivity contribution in [3.8, 4) is 11.1 Å². The molecule has 5 rings (SSSR count). The van der Waals surface area contributed by atoms with Gasteiger partial charge in [-0.25, -0.2) is 13.4 Å². The van der Waals surface area contributed by atoms with Crippen LogP contribution in [0.15, 0.2) is 70.7 Å². The van der Waals surface area contributed by atoms with E-state index < -0.39 is 32.7 Å². The summed E-state index contributed by atoms with van der Waals surface area (Å²) in [6.45, 7) is 4.08. The molecule has 0 unspecified atom stereocenters. The minimum absolute atomic E-state index is 0.0338. The van der Waals surface area contributed by atoms with Gasteiger partial charge in [-0.2, -0.15) is 13.2 Å². The second-order valence-electron chi connectivity index (χ2n) is 10.1. The van der Waals surface area contributed by atoms with E-state index in [1.54, 1.807) is 24.3 Å². The molecule has 0 aliphatic heterocycles. The van der Waals surface area contributed by atoms with E-state index in [9.17, 15) is 26.7 Å². The maximum atomic E-state index is 13.4. The van der Waals surface area contributed by atoms with Gasteiger partial charge >= 0.3 is 5.51 Å². The molecule has 1 aromatic carbocycles. The molecule has 8 nitrogen and oxygen atoms in total. The number of thioether (sulfide) groups is 1. The van der Waals surface area contributed by atoms with Gasteiger partial charge in [0.1, 0.15) is 11.6 Å². The summed E-state index contributed by atoms with van der Waals surface area (Å²) in [4.78, 5) is 4.14. The average molecular weight is 592 g/mol. The quantitative estimate of drug-likeness (QED) is 0.264. The number of benzene rings is 1. The first-order valence-electron chi connectivity index (χ1n) is 12.8. The topological polar surface area (TPSA) is 109 Å². The van der Waals surface area contributed by atoms with Crippen molar-refractivity contribution >= 4 is 33.1 Å². The third-order valence-electron chi connectivity index (χ3n) is 6.97. The van der Waals surface area contributed by atoms with Gasteiger partial charge in [0.2, 0.25) is 0 Å². The van der Waals surface area contributed by atoms with Gasteiger partial charge in [0.15, 0.2) is 15.5 Å². The highest BCUT2D eigenvalue weighted by Gasteiger charge is 2.37. The summed E-state index contributed by atoms with van der Waals surface area (Å²) in [5, 5.41) is 21.4. The Bertz CT molecular complexity index is 1590. The van der Waals surface area contributed by atoms with Crippen molar-refractivity contribution in [1.82, 2.24) is 19.6 Å². The van der Waals surface area contributed by atoms with Crippen molar-refractivity contribution in [3.05, 3.63) is 66.7 Å². The van der Waals surface area contributed by atoms with Crippen LogP contribution >= 0.6 is 11.8 Å². The molecule has 0 bridgehead atoms. The summed E-state index contributed by atoms with van der Waals surface area (Å²) in [5.41, 5.74) is -1.91. The lowest BCUT2D eigenvalue weighted by molar-refractivity contribution is -0.0328. The highest BCUT2D eigenvalue weighted by atomic mass is 32.2. The van der Waals surface area contributed by atoms with Gasteiger partial charge in [-0.05, 0) is 78.5 Å². The summed E-state index contributed by atoms with van der Waals surface area (Å²) in [6, 6.07) is 12.7. The van der Waals surface area contributed by atoms with Gasteiger partial charge < -0.3 is 10.4 Å². The monoisotopic (exact) mass is 591 g/mol. The maximum Gasteiger partial charge on any atom is 0.446 e. The molecule has 0 radical (unpaired) electrons. The highest BCUT2D eigenvalue weighted by molar-refractivity contribution is 8.00. The number of halogens is 3. The number of nitrogens with one attached hydrogen (secondary N) is 1. The van der Waals surface area contributed by atoms with E-state index in [1.807, 2.05) is 36.6 Å². The Labute approximate surface area is 234 Å². The fraction of sp³-hybridized carbons (Fsp3) is 0.370. The Hall–Kier alpha value is -3.16. The molecule has 212 valence electrons. The average Bonchev–Trinajstić information content (AvgIpc) is 3.34. The van der Waals surface area contributed by atoms with Crippen LogP contribution < -0.4 is 5.32 Å². The number of sulfone groups is 1. The summed E-state index contributed by atoms with van der Waals surface area (Å²) in [5.74, 6) is 1.35. The molecule has 4 aromatic rings. The van der Waals surface area contributed by atoms with Crippen LogP contribution in [0.1, 0.15) is 44.9 Å². The zero-order chi connectivity index (χ0) is 28.7. The lowest BCUT2D eigenvalue weighted by atomic mass is 9.92. The van der Waals surface area contributed by atoms with E-state index >= 15 is 0 Å². The molecule has 0 spiro atoms. The number of fused-ring (bicyclic) bond motifs is 1. The van der Waals surface area contributed by atoms with Crippen molar-refractivity contribution in [2.45, 2.75) is 71.7 Å².